The van der Waals surface area contributed by atoms with Crippen LogP contribution in [0.5, 0.6) is 5.88 Å². The van der Waals surface area contributed by atoms with Gasteiger partial charge >= 0.3 is 6.09 Å². The fraction of sp³-hybridized carbons (Fsp3) is 0.538. The number of rotatable bonds is 1. The summed E-state index contributed by atoms with van der Waals surface area (Å²) in [5, 5.41) is 0. The van der Waals surface area contributed by atoms with Crippen molar-refractivity contribution in [2.75, 3.05) is 12.8 Å². The Hall–Kier alpha value is -1.98. The predicted octanol–water partition coefficient (Wildman–Crippen LogP) is 1.92. The van der Waals surface area contributed by atoms with Crippen LogP contribution < -0.4 is 10.5 Å². The number of ether oxygens (including phenoxy) is 2. The average molecular weight is 265 g/mol. The van der Waals surface area contributed by atoms with Gasteiger partial charge in [0.05, 0.1) is 31.6 Å². The Morgan fingerprint density at radius 1 is 1.42 bits per heavy atom. The van der Waals surface area contributed by atoms with Gasteiger partial charge in [-0.2, -0.15) is 0 Å². The third-order valence-corrected chi connectivity index (χ3v) is 2.73. The van der Waals surface area contributed by atoms with E-state index in [0.717, 1.165) is 11.3 Å². The van der Waals surface area contributed by atoms with E-state index in [0.29, 0.717) is 24.7 Å². The summed E-state index contributed by atoms with van der Waals surface area (Å²) < 4.78 is 10.4. The maximum absolute atomic E-state index is 12.0. The summed E-state index contributed by atoms with van der Waals surface area (Å²) in [7, 11) is 1.52. The number of pyridine rings is 1. The molecule has 6 nitrogen and oxygen atoms in total. The largest absolute Gasteiger partial charge is 0.480 e. The van der Waals surface area contributed by atoms with Crippen molar-refractivity contribution in [1.29, 1.82) is 0 Å². The van der Waals surface area contributed by atoms with Crippen LogP contribution in [-0.2, 0) is 17.8 Å². The second kappa shape index (κ2) is 4.60. The Labute approximate surface area is 112 Å². The minimum absolute atomic E-state index is 0.344. The molecule has 0 saturated carbocycles. The van der Waals surface area contributed by atoms with Crippen molar-refractivity contribution in [2.45, 2.75) is 39.5 Å². The third-order valence-electron chi connectivity index (χ3n) is 2.73. The highest BCUT2D eigenvalue weighted by molar-refractivity contribution is 5.69. The van der Waals surface area contributed by atoms with E-state index in [4.69, 9.17) is 15.2 Å². The Kier molecular flexibility index (Phi) is 3.26. The highest BCUT2D eigenvalue weighted by Gasteiger charge is 2.29. The van der Waals surface area contributed by atoms with Gasteiger partial charge in [0.1, 0.15) is 5.60 Å². The van der Waals surface area contributed by atoms with Gasteiger partial charge in [-0.05, 0) is 32.4 Å². The van der Waals surface area contributed by atoms with Gasteiger partial charge in [-0.1, -0.05) is 0 Å². The van der Waals surface area contributed by atoms with Crippen molar-refractivity contribution in [3.05, 3.63) is 17.3 Å². The predicted molar refractivity (Wildman–Crippen MR) is 70.7 cm³/mol. The number of carbonyl (C=O) groups is 1. The number of carbonyl (C=O) groups excluding carboxylic acids is 1. The molecule has 0 atom stereocenters. The SMILES string of the molecule is COc1nc2c(cc1N)CN(C(=O)OC(C)(C)C)C2. The molecule has 0 saturated heterocycles. The van der Waals surface area contributed by atoms with Crippen LogP contribution in [0.3, 0.4) is 0 Å². The minimum Gasteiger partial charge on any atom is -0.480 e. The van der Waals surface area contributed by atoms with E-state index in [2.05, 4.69) is 4.98 Å². The number of nitrogens with zero attached hydrogens (tertiary/aromatic N) is 2. The molecule has 19 heavy (non-hydrogen) atoms. The van der Waals surface area contributed by atoms with Crippen molar-refractivity contribution in [1.82, 2.24) is 9.88 Å². The van der Waals surface area contributed by atoms with Crippen LogP contribution in [0.2, 0.25) is 0 Å². The van der Waals surface area contributed by atoms with Gasteiger partial charge < -0.3 is 15.2 Å². The van der Waals surface area contributed by atoms with Crippen LogP contribution in [0.1, 0.15) is 32.0 Å². The lowest BCUT2D eigenvalue weighted by molar-refractivity contribution is 0.0240. The lowest BCUT2D eigenvalue weighted by Crippen LogP contribution is -2.33. The summed E-state index contributed by atoms with van der Waals surface area (Å²) in [6, 6.07) is 1.80. The van der Waals surface area contributed by atoms with Crippen LogP contribution in [0.15, 0.2) is 6.07 Å². The number of amides is 1. The molecule has 0 aromatic carbocycles. The van der Waals surface area contributed by atoms with E-state index in [9.17, 15) is 4.79 Å². The molecule has 1 aromatic heterocycles. The van der Waals surface area contributed by atoms with E-state index in [1.54, 1.807) is 11.0 Å². The van der Waals surface area contributed by atoms with Crippen molar-refractivity contribution in [2.24, 2.45) is 0 Å². The summed E-state index contributed by atoms with van der Waals surface area (Å²) >= 11 is 0. The van der Waals surface area contributed by atoms with Gasteiger partial charge in [0.2, 0.25) is 5.88 Å². The molecule has 1 aliphatic rings. The van der Waals surface area contributed by atoms with E-state index in [1.165, 1.54) is 7.11 Å². The van der Waals surface area contributed by atoms with Crippen molar-refractivity contribution >= 4 is 11.8 Å². The van der Waals surface area contributed by atoms with Crippen LogP contribution >= 0.6 is 0 Å². The number of aromatic nitrogens is 1. The van der Waals surface area contributed by atoms with Gasteiger partial charge in [-0.25, -0.2) is 9.78 Å². The molecule has 6 heteroatoms. The fourth-order valence-electron chi connectivity index (χ4n) is 1.93. The summed E-state index contributed by atoms with van der Waals surface area (Å²) in [5.74, 6) is 0.393. The van der Waals surface area contributed by atoms with Crippen LogP contribution in [0.4, 0.5) is 10.5 Å². The topological polar surface area (TPSA) is 77.7 Å². The molecule has 0 radical (unpaired) electrons. The molecule has 2 N–H and O–H groups in total. The summed E-state index contributed by atoms with van der Waals surface area (Å²) in [4.78, 5) is 17.9. The number of hydrogen-bond acceptors (Lipinski definition) is 5. The Bertz CT molecular complexity index is 509. The highest BCUT2D eigenvalue weighted by atomic mass is 16.6. The van der Waals surface area contributed by atoms with Gasteiger partial charge in [-0.15, -0.1) is 0 Å². The van der Waals surface area contributed by atoms with E-state index in [-0.39, 0.29) is 6.09 Å². The van der Waals surface area contributed by atoms with Gasteiger partial charge in [0.15, 0.2) is 0 Å². The molecule has 1 aliphatic heterocycles. The zero-order valence-corrected chi connectivity index (χ0v) is 11.7. The molecule has 0 spiro atoms. The summed E-state index contributed by atoms with van der Waals surface area (Å²) in [6.45, 7) is 6.40. The van der Waals surface area contributed by atoms with Crippen LogP contribution in [0.25, 0.3) is 0 Å². The highest BCUT2D eigenvalue weighted by Crippen LogP contribution is 2.29. The lowest BCUT2D eigenvalue weighted by Gasteiger charge is -2.23. The number of anilines is 1. The minimum atomic E-state index is -0.504. The molecule has 2 rings (SSSR count). The maximum atomic E-state index is 12.0. The first kappa shape index (κ1) is 13.5. The standard InChI is InChI=1S/C13H19N3O3/c1-13(2,3)19-12(17)16-6-8-5-9(14)11(18-4)15-10(8)7-16/h5H,6-7,14H2,1-4H3. The third kappa shape index (κ3) is 2.89. The van der Waals surface area contributed by atoms with Gasteiger partial charge in [-0.3, -0.25) is 4.90 Å². The first-order valence-corrected chi connectivity index (χ1v) is 6.10. The number of fused-ring (bicyclic) bond motifs is 1. The molecule has 0 fully saturated rings. The summed E-state index contributed by atoms with van der Waals surface area (Å²) in [5.41, 5.74) is 7.52. The average Bonchev–Trinajstić information content (AvgIpc) is 2.68. The molecular weight excluding hydrogens is 246 g/mol. The molecule has 1 aromatic rings. The number of nitrogen functional groups attached to an aromatic ring is 1. The second-order valence-electron chi connectivity index (χ2n) is 5.53. The first-order valence-electron chi connectivity index (χ1n) is 6.10. The van der Waals surface area contributed by atoms with Gasteiger partial charge in [0, 0.05) is 0 Å². The van der Waals surface area contributed by atoms with Gasteiger partial charge in [0.25, 0.3) is 0 Å². The number of methoxy groups -OCH3 is 1. The number of hydrogen-bond donors (Lipinski definition) is 1. The fourth-order valence-corrected chi connectivity index (χ4v) is 1.93. The van der Waals surface area contributed by atoms with E-state index < -0.39 is 5.60 Å². The van der Waals surface area contributed by atoms with Crippen molar-refractivity contribution in [3.63, 3.8) is 0 Å². The molecule has 1 amide bonds. The zero-order chi connectivity index (χ0) is 14.2. The van der Waals surface area contributed by atoms with Crippen LogP contribution in [0, 0.1) is 0 Å². The normalized spacial score (nSPS) is 14.2. The second-order valence-corrected chi connectivity index (χ2v) is 5.53. The Morgan fingerprint density at radius 3 is 2.68 bits per heavy atom. The molecule has 0 aliphatic carbocycles. The monoisotopic (exact) mass is 265 g/mol. The lowest BCUT2D eigenvalue weighted by atomic mass is 10.2. The maximum Gasteiger partial charge on any atom is 0.410 e. The molecule has 0 unspecified atom stereocenters. The van der Waals surface area contributed by atoms with Crippen LogP contribution in [-0.4, -0.2) is 28.7 Å². The van der Waals surface area contributed by atoms with Crippen molar-refractivity contribution in [3.8, 4) is 5.88 Å². The molecular formula is C13H19N3O3. The quantitative estimate of drug-likeness (QED) is 0.839. The molecule has 2 heterocycles. The zero-order valence-electron chi connectivity index (χ0n) is 11.7. The molecule has 104 valence electrons. The summed E-state index contributed by atoms with van der Waals surface area (Å²) in [6.07, 6.45) is -0.344. The first-order chi connectivity index (χ1) is 8.80. The Morgan fingerprint density at radius 2 is 2.11 bits per heavy atom. The Balaban J connectivity index is 2.14. The molecule has 0 bridgehead atoms. The smallest absolute Gasteiger partial charge is 0.410 e. The van der Waals surface area contributed by atoms with E-state index >= 15 is 0 Å². The van der Waals surface area contributed by atoms with Crippen molar-refractivity contribution < 1.29 is 14.3 Å². The number of nitrogens with two attached hydrogens (primary N) is 1. The van der Waals surface area contributed by atoms with E-state index in [1.807, 2.05) is 20.8 Å².